The van der Waals surface area contributed by atoms with E-state index >= 15 is 0 Å². The first kappa shape index (κ1) is 18.8. The number of hydrogen-bond donors (Lipinski definition) is 1. The second-order valence-electron chi connectivity index (χ2n) is 7.74. The van der Waals surface area contributed by atoms with E-state index in [0.29, 0.717) is 38.1 Å². The molecular formula is C21H27N3O4. The number of ether oxygens (including phenoxy) is 1. The van der Waals surface area contributed by atoms with E-state index in [9.17, 15) is 14.4 Å². The molecule has 2 amide bonds. The first-order chi connectivity index (χ1) is 13.6. The number of nitrogens with zero attached hydrogens (tertiary/aromatic N) is 2. The predicted octanol–water partition coefficient (Wildman–Crippen LogP) is 2.41. The van der Waals surface area contributed by atoms with E-state index in [1.165, 1.54) is 0 Å². The Labute approximate surface area is 165 Å². The topological polar surface area (TPSA) is 79.0 Å². The van der Waals surface area contributed by atoms with Gasteiger partial charge in [0.15, 0.2) is 0 Å². The lowest BCUT2D eigenvalue weighted by atomic mass is 9.95. The van der Waals surface area contributed by atoms with Gasteiger partial charge in [-0.15, -0.1) is 0 Å². The molecule has 0 bridgehead atoms. The van der Waals surface area contributed by atoms with Crippen LogP contribution in [-0.2, 0) is 14.3 Å². The molecule has 0 saturated carbocycles. The highest BCUT2D eigenvalue weighted by Crippen LogP contribution is 2.36. The second kappa shape index (κ2) is 7.81. The van der Waals surface area contributed by atoms with E-state index in [4.69, 9.17) is 4.74 Å². The molecule has 3 aliphatic rings. The van der Waals surface area contributed by atoms with Crippen LogP contribution >= 0.6 is 0 Å². The summed E-state index contributed by atoms with van der Waals surface area (Å²) in [5.74, 6) is -0.322. The van der Waals surface area contributed by atoms with Gasteiger partial charge in [-0.05, 0) is 57.2 Å². The van der Waals surface area contributed by atoms with Crippen molar-refractivity contribution >= 4 is 29.2 Å². The van der Waals surface area contributed by atoms with E-state index in [-0.39, 0.29) is 29.7 Å². The van der Waals surface area contributed by atoms with Gasteiger partial charge >= 0.3 is 5.97 Å². The molecule has 4 rings (SSSR count). The van der Waals surface area contributed by atoms with Crippen molar-refractivity contribution in [3.63, 3.8) is 0 Å². The second-order valence-corrected chi connectivity index (χ2v) is 7.74. The maximum atomic E-state index is 12.9. The van der Waals surface area contributed by atoms with E-state index < -0.39 is 0 Å². The van der Waals surface area contributed by atoms with Crippen LogP contribution in [0.25, 0.3) is 0 Å². The molecule has 7 nitrogen and oxygen atoms in total. The molecule has 0 spiro atoms. The van der Waals surface area contributed by atoms with Gasteiger partial charge in [0.25, 0.3) is 5.91 Å². The minimum atomic E-state index is -0.165. The van der Waals surface area contributed by atoms with Crippen molar-refractivity contribution in [3.8, 4) is 0 Å². The number of amides is 2. The monoisotopic (exact) mass is 385 g/mol. The zero-order chi connectivity index (χ0) is 19.7. The van der Waals surface area contributed by atoms with Gasteiger partial charge in [-0.3, -0.25) is 14.4 Å². The minimum absolute atomic E-state index is 0.0204. The summed E-state index contributed by atoms with van der Waals surface area (Å²) in [7, 11) is 0. The molecule has 28 heavy (non-hydrogen) atoms. The summed E-state index contributed by atoms with van der Waals surface area (Å²) in [6.45, 7) is 4.15. The zero-order valence-electron chi connectivity index (χ0n) is 16.3. The fraction of sp³-hybridized carbons (Fsp3) is 0.571. The summed E-state index contributed by atoms with van der Waals surface area (Å²) in [5.41, 5.74) is 2.29. The smallest absolute Gasteiger partial charge is 0.309 e. The maximum absolute atomic E-state index is 12.9. The molecule has 0 aliphatic carbocycles. The third-order valence-electron chi connectivity index (χ3n) is 6.02. The largest absolute Gasteiger partial charge is 0.466 e. The summed E-state index contributed by atoms with van der Waals surface area (Å²) in [4.78, 5) is 41.2. The number of likely N-dealkylation sites (tertiary alicyclic amines) is 1. The number of fused-ring (bicyclic) bond motifs is 3. The first-order valence-corrected chi connectivity index (χ1v) is 10.3. The molecule has 1 aromatic rings. The number of rotatable bonds is 3. The highest BCUT2D eigenvalue weighted by Gasteiger charge is 2.35. The van der Waals surface area contributed by atoms with Gasteiger partial charge in [-0.25, -0.2) is 0 Å². The van der Waals surface area contributed by atoms with Crippen LogP contribution in [0, 0.1) is 5.92 Å². The SMILES string of the molecule is CCOC(=O)C1CCN(C(=O)c2ccc3c(c2)NC(=O)C2CCCCN32)CC1. The Morgan fingerprint density at radius 1 is 1.14 bits per heavy atom. The average molecular weight is 385 g/mol. The third-order valence-corrected chi connectivity index (χ3v) is 6.02. The molecular weight excluding hydrogens is 358 g/mol. The normalized spacial score (nSPS) is 22.2. The number of piperidine rings is 2. The van der Waals surface area contributed by atoms with Crippen LogP contribution < -0.4 is 10.2 Å². The summed E-state index contributed by atoms with van der Waals surface area (Å²) in [6.07, 6.45) is 4.28. The van der Waals surface area contributed by atoms with E-state index in [1.54, 1.807) is 17.9 Å². The molecule has 1 atom stereocenters. The standard InChI is InChI=1S/C21H27N3O4/c1-2-28-21(27)14-8-11-23(12-9-14)20(26)15-6-7-17-16(13-15)22-19(25)18-5-3-4-10-24(17)18/h6-7,13-14,18H,2-5,8-12H2,1H3,(H,22,25). The Balaban J connectivity index is 1.46. The highest BCUT2D eigenvalue weighted by molar-refractivity contribution is 6.05. The number of benzene rings is 1. The number of carbonyl (C=O) groups excluding carboxylic acids is 3. The fourth-order valence-corrected chi connectivity index (χ4v) is 4.49. The summed E-state index contributed by atoms with van der Waals surface area (Å²) in [6, 6.07) is 5.50. The van der Waals surface area contributed by atoms with Crippen molar-refractivity contribution in [2.24, 2.45) is 5.92 Å². The van der Waals surface area contributed by atoms with Crippen molar-refractivity contribution in [2.45, 2.75) is 45.1 Å². The number of carbonyl (C=O) groups is 3. The lowest BCUT2D eigenvalue weighted by Crippen LogP contribution is -2.50. The van der Waals surface area contributed by atoms with Crippen LogP contribution in [-0.4, -0.2) is 55.0 Å². The molecule has 7 heteroatoms. The van der Waals surface area contributed by atoms with Crippen LogP contribution in [0.2, 0.25) is 0 Å². The number of esters is 1. The van der Waals surface area contributed by atoms with Gasteiger partial charge in [0, 0.05) is 25.2 Å². The molecule has 3 aliphatic heterocycles. The Bertz CT molecular complexity index is 786. The molecule has 1 N–H and O–H groups in total. The molecule has 2 fully saturated rings. The van der Waals surface area contributed by atoms with Gasteiger partial charge in [0.05, 0.1) is 23.9 Å². The zero-order valence-corrected chi connectivity index (χ0v) is 16.3. The van der Waals surface area contributed by atoms with Crippen LogP contribution in [0.15, 0.2) is 18.2 Å². The van der Waals surface area contributed by atoms with Crippen LogP contribution in [0.5, 0.6) is 0 Å². The van der Waals surface area contributed by atoms with Crippen LogP contribution in [0.1, 0.15) is 49.4 Å². The van der Waals surface area contributed by atoms with Crippen molar-refractivity contribution in [2.75, 3.05) is 36.5 Å². The lowest BCUT2D eigenvalue weighted by Gasteiger charge is -2.41. The quantitative estimate of drug-likeness (QED) is 0.809. The fourth-order valence-electron chi connectivity index (χ4n) is 4.49. The Morgan fingerprint density at radius 3 is 2.68 bits per heavy atom. The molecule has 0 radical (unpaired) electrons. The number of hydrogen-bond acceptors (Lipinski definition) is 5. The van der Waals surface area contributed by atoms with E-state index in [2.05, 4.69) is 10.2 Å². The van der Waals surface area contributed by atoms with Crippen molar-refractivity contribution in [3.05, 3.63) is 23.8 Å². The third kappa shape index (κ3) is 3.45. The average Bonchev–Trinajstić information content (AvgIpc) is 2.73. The lowest BCUT2D eigenvalue weighted by molar-refractivity contribution is -0.149. The van der Waals surface area contributed by atoms with Crippen molar-refractivity contribution in [1.29, 1.82) is 0 Å². The van der Waals surface area contributed by atoms with Crippen LogP contribution in [0.3, 0.4) is 0 Å². The van der Waals surface area contributed by atoms with Crippen molar-refractivity contribution in [1.82, 2.24) is 4.90 Å². The summed E-state index contributed by atoms with van der Waals surface area (Å²) < 4.78 is 5.09. The maximum Gasteiger partial charge on any atom is 0.309 e. The van der Waals surface area contributed by atoms with E-state index in [1.807, 2.05) is 12.1 Å². The van der Waals surface area contributed by atoms with Gasteiger partial charge in [0.1, 0.15) is 6.04 Å². The molecule has 3 heterocycles. The Hall–Kier alpha value is -2.57. The van der Waals surface area contributed by atoms with E-state index in [0.717, 1.165) is 37.2 Å². The first-order valence-electron chi connectivity index (χ1n) is 10.3. The minimum Gasteiger partial charge on any atom is -0.466 e. The Morgan fingerprint density at radius 2 is 1.93 bits per heavy atom. The Kier molecular flexibility index (Phi) is 5.24. The number of nitrogens with one attached hydrogen (secondary N) is 1. The summed E-state index contributed by atoms with van der Waals surface area (Å²) in [5, 5.41) is 2.98. The molecule has 150 valence electrons. The summed E-state index contributed by atoms with van der Waals surface area (Å²) >= 11 is 0. The van der Waals surface area contributed by atoms with Gasteiger partial charge in [-0.2, -0.15) is 0 Å². The highest BCUT2D eigenvalue weighted by atomic mass is 16.5. The van der Waals surface area contributed by atoms with Gasteiger partial charge < -0.3 is 19.9 Å². The van der Waals surface area contributed by atoms with Crippen molar-refractivity contribution < 1.29 is 19.1 Å². The van der Waals surface area contributed by atoms with Gasteiger partial charge in [-0.1, -0.05) is 0 Å². The predicted molar refractivity (Wildman–Crippen MR) is 105 cm³/mol. The number of anilines is 2. The van der Waals surface area contributed by atoms with Crippen LogP contribution in [0.4, 0.5) is 11.4 Å². The molecule has 0 aromatic heterocycles. The molecule has 1 unspecified atom stereocenters. The molecule has 1 aromatic carbocycles. The van der Waals surface area contributed by atoms with Gasteiger partial charge in [0.2, 0.25) is 5.91 Å². The molecule has 2 saturated heterocycles.